The second-order valence-electron chi connectivity index (χ2n) is 10.3. The van der Waals surface area contributed by atoms with Gasteiger partial charge in [0.1, 0.15) is 12.7 Å². The number of carbonyl (C=O) groups is 3. The predicted molar refractivity (Wildman–Crippen MR) is 180 cm³/mol. The zero-order valence-electron chi connectivity index (χ0n) is 27.3. The van der Waals surface area contributed by atoms with Crippen LogP contribution in [-0.4, -0.2) is 64.9 Å². The summed E-state index contributed by atoms with van der Waals surface area (Å²) in [6.45, 7) is 2.10. The Hall–Kier alpha value is -3.08. The molecule has 0 aliphatic carbocycles. The molecular weight excluding hydrogens is 613 g/mol. The van der Waals surface area contributed by atoms with Crippen LogP contribution in [0.3, 0.4) is 0 Å². The van der Waals surface area contributed by atoms with E-state index in [4.69, 9.17) is 4.74 Å². The highest BCUT2D eigenvalue weighted by molar-refractivity contribution is 7.47. The molecule has 3 unspecified atom stereocenters. The molecule has 46 heavy (non-hydrogen) atoms. The average molecular weight is 668 g/mol. The first-order chi connectivity index (χ1) is 22.1. The van der Waals surface area contributed by atoms with Gasteiger partial charge in [0.2, 0.25) is 5.91 Å². The summed E-state index contributed by atoms with van der Waals surface area (Å²) in [7, 11) is -4.75. The van der Waals surface area contributed by atoms with Crippen molar-refractivity contribution in [1.82, 2.24) is 5.32 Å². The second-order valence-corrected chi connectivity index (χ2v) is 11.7. The number of carboxylic acids is 1. The Morgan fingerprint density at radius 1 is 0.717 bits per heavy atom. The van der Waals surface area contributed by atoms with Crippen molar-refractivity contribution >= 4 is 25.7 Å². The molecule has 0 aromatic carbocycles. The molecule has 0 radical (unpaired) electrons. The number of unbranched alkanes of at least 4 members (excludes halogenated alkanes) is 2. The number of nitrogens with one attached hydrogen (secondary N) is 1. The van der Waals surface area contributed by atoms with Crippen molar-refractivity contribution in [1.29, 1.82) is 0 Å². The molecule has 0 aromatic rings. The summed E-state index contributed by atoms with van der Waals surface area (Å²) in [4.78, 5) is 44.8. The van der Waals surface area contributed by atoms with E-state index in [9.17, 15) is 34.1 Å². The van der Waals surface area contributed by atoms with Gasteiger partial charge in [0.05, 0.1) is 13.2 Å². The topological polar surface area (TPSA) is 169 Å². The number of aliphatic hydroxyl groups excluding tert-OH is 1. The lowest BCUT2D eigenvalue weighted by molar-refractivity contribution is -0.147. The Morgan fingerprint density at radius 3 is 1.72 bits per heavy atom. The van der Waals surface area contributed by atoms with Crippen LogP contribution in [0.2, 0.25) is 0 Å². The monoisotopic (exact) mass is 667 g/mol. The summed E-state index contributed by atoms with van der Waals surface area (Å²) < 4.78 is 26.3. The predicted octanol–water partition coefficient (Wildman–Crippen LogP) is 6.65. The molecular formula is C34H54NO10P. The number of phosphoric acid groups is 1. The van der Waals surface area contributed by atoms with E-state index in [-0.39, 0.29) is 12.8 Å². The lowest BCUT2D eigenvalue weighted by Crippen LogP contribution is -2.43. The normalized spacial score (nSPS) is 15.0. The van der Waals surface area contributed by atoms with E-state index in [1.165, 1.54) is 0 Å². The van der Waals surface area contributed by atoms with Crippen molar-refractivity contribution < 1.29 is 47.8 Å². The van der Waals surface area contributed by atoms with Gasteiger partial charge in [-0.25, -0.2) is 9.36 Å². The van der Waals surface area contributed by atoms with E-state index in [0.29, 0.717) is 12.8 Å². The first kappa shape index (κ1) is 42.9. The van der Waals surface area contributed by atoms with Crippen molar-refractivity contribution in [2.75, 3.05) is 19.8 Å². The molecule has 260 valence electrons. The first-order valence-corrected chi connectivity index (χ1v) is 17.5. The number of allylic oxidation sites excluding steroid dienone is 12. The summed E-state index contributed by atoms with van der Waals surface area (Å²) in [6, 6.07) is -1.55. The number of ether oxygens (including phenoxy) is 1. The Balaban J connectivity index is 4.04. The zero-order chi connectivity index (χ0) is 34.3. The molecule has 3 atom stereocenters. The van der Waals surface area contributed by atoms with E-state index in [0.717, 1.165) is 51.4 Å². The van der Waals surface area contributed by atoms with Gasteiger partial charge < -0.3 is 25.2 Å². The molecule has 0 rings (SSSR count). The number of hydrogen-bond acceptors (Lipinski definition) is 8. The maximum Gasteiger partial charge on any atom is 0.472 e. The summed E-state index contributed by atoms with van der Waals surface area (Å²) in [6.07, 6.45) is 32.2. The van der Waals surface area contributed by atoms with Gasteiger partial charge in [-0.2, -0.15) is 0 Å². The Kier molecular flexibility index (Phi) is 27.4. The quantitative estimate of drug-likeness (QED) is 0.0307. The number of phosphoric ester groups is 1. The molecule has 0 aliphatic rings. The zero-order valence-corrected chi connectivity index (χ0v) is 28.2. The molecule has 12 heteroatoms. The lowest BCUT2D eigenvalue weighted by Gasteiger charge is -2.18. The second kappa shape index (κ2) is 29.3. The summed E-state index contributed by atoms with van der Waals surface area (Å²) >= 11 is 0. The third-order valence-electron chi connectivity index (χ3n) is 6.02. The molecule has 0 spiro atoms. The van der Waals surface area contributed by atoms with Crippen molar-refractivity contribution in [3.05, 3.63) is 72.9 Å². The van der Waals surface area contributed by atoms with E-state index >= 15 is 0 Å². The van der Waals surface area contributed by atoms with E-state index < -0.39 is 57.6 Å². The molecule has 0 aromatic heterocycles. The standard InChI is InChI=1S/C34H54NO10P/c1-3-5-7-8-9-10-11-12-13-14-15-16-17-18-19-20-21-22-24-26-33(38)43-27-30(36)28-44-46(41,42)45-29-31(34(39)40)35-32(37)25-23-6-4-2/h5,7,9-10,12-13,15-16,18-19,21-22,30-31,36H,3-4,6,8,11,14,17,20,23-29H2,1-2H3,(H,35,37)(H,39,40)(H,41,42)/b7-5-,10-9-,13-12-,16-15-,19-18-,22-21-. The third kappa shape index (κ3) is 28.4. The van der Waals surface area contributed by atoms with E-state index in [1.807, 2.05) is 25.2 Å². The average Bonchev–Trinajstić information content (AvgIpc) is 3.02. The minimum atomic E-state index is -4.75. The van der Waals surface area contributed by atoms with Crippen molar-refractivity contribution in [2.45, 2.75) is 103 Å². The molecule has 11 nitrogen and oxygen atoms in total. The highest BCUT2D eigenvalue weighted by atomic mass is 31.2. The number of carbonyl (C=O) groups excluding carboxylic acids is 2. The highest BCUT2D eigenvalue weighted by Crippen LogP contribution is 2.43. The van der Waals surface area contributed by atoms with Crippen LogP contribution in [0, 0.1) is 0 Å². The molecule has 0 aliphatic heterocycles. The number of aliphatic hydroxyl groups is 1. The van der Waals surface area contributed by atoms with Gasteiger partial charge in [-0.1, -0.05) is 99.6 Å². The van der Waals surface area contributed by atoms with Gasteiger partial charge in [-0.15, -0.1) is 0 Å². The van der Waals surface area contributed by atoms with Crippen LogP contribution >= 0.6 is 7.82 Å². The molecule has 0 bridgehead atoms. The van der Waals surface area contributed by atoms with Crippen molar-refractivity contribution in [3.8, 4) is 0 Å². The highest BCUT2D eigenvalue weighted by Gasteiger charge is 2.28. The van der Waals surface area contributed by atoms with Crippen LogP contribution in [0.1, 0.15) is 90.9 Å². The van der Waals surface area contributed by atoms with Crippen LogP contribution in [0.25, 0.3) is 0 Å². The van der Waals surface area contributed by atoms with Gasteiger partial charge in [0.15, 0.2) is 6.04 Å². The van der Waals surface area contributed by atoms with Gasteiger partial charge in [-0.3, -0.25) is 18.6 Å². The molecule has 4 N–H and O–H groups in total. The Morgan fingerprint density at radius 2 is 1.22 bits per heavy atom. The first-order valence-electron chi connectivity index (χ1n) is 16.0. The third-order valence-corrected chi connectivity index (χ3v) is 6.97. The smallest absolute Gasteiger partial charge is 0.472 e. The summed E-state index contributed by atoms with van der Waals surface area (Å²) in [5.74, 6) is -2.52. The number of carboxylic acid groups (broad SMARTS) is 1. The number of aliphatic carboxylic acids is 1. The largest absolute Gasteiger partial charge is 0.480 e. The van der Waals surface area contributed by atoms with Crippen LogP contribution in [0.5, 0.6) is 0 Å². The molecule has 0 saturated carbocycles. The fraction of sp³-hybridized carbons (Fsp3) is 0.559. The lowest BCUT2D eigenvalue weighted by atomic mass is 10.2. The van der Waals surface area contributed by atoms with Crippen LogP contribution in [0.15, 0.2) is 72.9 Å². The van der Waals surface area contributed by atoms with Gasteiger partial charge in [0, 0.05) is 12.8 Å². The number of rotatable bonds is 28. The fourth-order valence-electron chi connectivity index (χ4n) is 3.51. The summed E-state index contributed by atoms with van der Waals surface area (Å²) in [5.41, 5.74) is 0. The Bertz CT molecular complexity index is 1060. The van der Waals surface area contributed by atoms with E-state index in [1.54, 1.807) is 0 Å². The van der Waals surface area contributed by atoms with Gasteiger partial charge >= 0.3 is 19.8 Å². The van der Waals surface area contributed by atoms with E-state index in [2.05, 4.69) is 76.0 Å². The number of amides is 1. The Labute approximate surface area is 274 Å². The van der Waals surface area contributed by atoms with Crippen LogP contribution in [0.4, 0.5) is 0 Å². The molecule has 0 saturated heterocycles. The molecule has 0 heterocycles. The molecule has 0 fully saturated rings. The fourth-order valence-corrected chi connectivity index (χ4v) is 4.29. The van der Waals surface area contributed by atoms with Crippen molar-refractivity contribution in [2.24, 2.45) is 0 Å². The number of esters is 1. The minimum Gasteiger partial charge on any atom is -0.480 e. The maximum atomic E-state index is 12.0. The number of hydrogen-bond donors (Lipinski definition) is 4. The van der Waals surface area contributed by atoms with Crippen molar-refractivity contribution in [3.63, 3.8) is 0 Å². The maximum absolute atomic E-state index is 12.0. The van der Waals surface area contributed by atoms with Gasteiger partial charge in [0.25, 0.3) is 0 Å². The van der Waals surface area contributed by atoms with Gasteiger partial charge in [-0.05, 0) is 51.4 Å². The van der Waals surface area contributed by atoms with Crippen LogP contribution in [-0.2, 0) is 32.7 Å². The van der Waals surface area contributed by atoms with Crippen LogP contribution < -0.4 is 5.32 Å². The molecule has 1 amide bonds. The minimum absolute atomic E-state index is 0.0953. The summed E-state index contributed by atoms with van der Waals surface area (Å²) in [5, 5.41) is 21.4. The SMILES string of the molecule is CC/C=C\C/C=C\C/C=C\C/C=C\C/C=C\C/C=C\CCC(=O)OCC(O)COP(=O)(O)OCC(NC(=O)CCCCC)C(=O)O.